The molecule has 2 aromatic rings. The molecular formula is C17H23NO3. The molecule has 4 heteroatoms. The van der Waals surface area contributed by atoms with Crippen LogP contribution in [0.3, 0.4) is 0 Å². The number of hydrogen-bond donors (Lipinski definition) is 1. The Bertz CT molecular complexity index is 546. The van der Waals surface area contributed by atoms with Gasteiger partial charge in [-0.05, 0) is 50.1 Å². The summed E-state index contributed by atoms with van der Waals surface area (Å²) in [7, 11) is 0. The minimum atomic E-state index is -0.520. The van der Waals surface area contributed by atoms with Crippen LogP contribution in [0.5, 0.6) is 0 Å². The Balaban J connectivity index is 1.60. The van der Waals surface area contributed by atoms with Crippen molar-refractivity contribution in [2.45, 2.75) is 51.3 Å². The van der Waals surface area contributed by atoms with E-state index in [-0.39, 0.29) is 0 Å². The van der Waals surface area contributed by atoms with Crippen LogP contribution in [-0.4, -0.2) is 22.6 Å². The molecule has 3 heterocycles. The Morgan fingerprint density at radius 2 is 2.19 bits per heavy atom. The van der Waals surface area contributed by atoms with Gasteiger partial charge in [0.05, 0.1) is 12.8 Å². The van der Waals surface area contributed by atoms with Crippen LogP contribution in [0.15, 0.2) is 39.4 Å². The molecule has 0 spiro atoms. The maximum Gasteiger partial charge on any atom is 0.132 e. The number of furan rings is 2. The number of nitrogens with zero attached hydrogens (tertiary/aromatic N) is 1. The molecule has 4 nitrogen and oxygen atoms in total. The molecule has 1 N–H and O–H groups in total. The fourth-order valence-corrected chi connectivity index (χ4v) is 3.12. The average molecular weight is 289 g/mol. The number of hydrogen-bond acceptors (Lipinski definition) is 4. The van der Waals surface area contributed by atoms with Crippen LogP contribution >= 0.6 is 0 Å². The van der Waals surface area contributed by atoms with Gasteiger partial charge in [-0.25, -0.2) is 0 Å². The molecule has 0 bridgehead atoms. The molecule has 1 aliphatic heterocycles. The lowest BCUT2D eigenvalue weighted by atomic mass is 10.1. The van der Waals surface area contributed by atoms with E-state index in [1.54, 1.807) is 6.26 Å². The molecule has 3 rings (SSSR count). The number of aliphatic hydroxyl groups excluding tert-OH is 1. The molecule has 2 unspecified atom stereocenters. The Kier molecular flexibility index (Phi) is 4.46. The van der Waals surface area contributed by atoms with E-state index in [9.17, 15) is 5.11 Å². The van der Waals surface area contributed by atoms with E-state index in [0.29, 0.717) is 11.8 Å². The second-order valence-electron chi connectivity index (χ2n) is 5.76. The monoisotopic (exact) mass is 289 g/mol. The maximum absolute atomic E-state index is 10.3. The summed E-state index contributed by atoms with van der Waals surface area (Å²) in [5, 5.41) is 10.3. The third-order valence-corrected chi connectivity index (χ3v) is 4.29. The minimum absolute atomic E-state index is 0.389. The van der Waals surface area contributed by atoms with Gasteiger partial charge in [0.1, 0.15) is 23.4 Å². The van der Waals surface area contributed by atoms with Crippen molar-refractivity contribution in [3.05, 3.63) is 47.8 Å². The number of aliphatic hydroxyl groups is 1. The second-order valence-corrected chi connectivity index (χ2v) is 5.76. The average Bonchev–Trinajstić information content (AvgIpc) is 3.21. The summed E-state index contributed by atoms with van der Waals surface area (Å²) < 4.78 is 11.1. The summed E-state index contributed by atoms with van der Waals surface area (Å²) in [6.45, 7) is 3.99. The SMILES string of the molecule is CCc1ccc(CN2CCCC2CC(O)c2ccco2)o1. The summed E-state index contributed by atoms with van der Waals surface area (Å²) in [5.74, 6) is 2.72. The van der Waals surface area contributed by atoms with Gasteiger partial charge < -0.3 is 13.9 Å². The smallest absolute Gasteiger partial charge is 0.132 e. The van der Waals surface area contributed by atoms with Gasteiger partial charge in [0.15, 0.2) is 0 Å². The van der Waals surface area contributed by atoms with Crippen LogP contribution < -0.4 is 0 Å². The van der Waals surface area contributed by atoms with E-state index >= 15 is 0 Å². The third kappa shape index (κ3) is 3.39. The number of likely N-dealkylation sites (tertiary alicyclic amines) is 1. The molecule has 0 saturated carbocycles. The van der Waals surface area contributed by atoms with E-state index in [4.69, 9.17) is 8.83 Å². The molecular weight excluding hydrogens is 266 g/mol. The first-order chi connectivity index (χ1) is 10.3. The van der Waals surface area contributed by atoms with Crippen LogP contribution in [-0.2, 0) is 13.0 Å². The molecule has 1 saturated heterocycles. The van der Waals surface area contributed by atoms with Crippen molar-refractivity contribution >= 4 is 0 Å². The zero-order valence-electron chi connectivity index (χ0n) is 12.5. The first-order valence-electron chi connectivity index (χ1n) is 7.79. The van der Waals surface area contributed by atoms with Crippen molar-refractivity contribution in [3.8, 4) is 0 Å². The van der Waals surface area contributed by atoms with Crippen molar-refractivity contribution in [2.75, 3.05) is 6.54 Å². The van der Waals surface area contributed by atoms with Gasteiger partial charge in [-0.3, -0.25) is 4.90 Å². The summed E-state index contributed by atoms with van der Waals surface area (Å²) in [6.07, 6.45) is 5.04. The highest BCUT2D eigenvalue weighted by Crippen LogP contribution is 2.29. The fraction of sp³-hybridized carbons (Fsp3) is 0.529. The first kappa shape index (κ1) is 14.4. The Hall–Kier alpha value is -1.52. The second kappa shape index (κ2) is 6.50. The van der Waals surface area contributed by atoms with Crippen LogP contribution in [0.2, 0.25) is 0 Å². The van der Waals surface area contributed by atoms with Gasteiger partial charge in [-0.15, -0.1) is 0 Å². The van der Waals surface area contributed by atoms with Crippen molar-refractivity contribution in [3.63, 3.8) is 0 Å². The van der Waals surface area contributed by atoms with E-state index < -0.39 is 6.10 Å². The van der Waals surface area contributed by atoms with Gasteiger partial charge in [0.2, 0.25) is 0 Å². The Morgan fingerprint density at radius 1 is 1.33 bits per heavy atom. The molecule has 0 aliphatic carbocycles. The van der Waals surface area contributed by atoms with Gasteiger partial charge in [0.25, 0.3) is 0 Å². The van der Waals surface area contributed by atoms with Crippen LogP contribution in [0.1, 0.15) is 49.6 Å². The van der Waals surface area contributed by atoms with Crippen molar-refractivity contribution < 1.29 is 13.9 Å². The zero-order chi connectivity index (χ0) is 14.7. The molecule has 21 heavy (non-hydrogen) atoms. The molecule has 114 valence electrons. The maximum atomic E-state index is 10.3. The zero-order valence-corrected chi connectivity index (χ0v) is 12.5. The third-order valence-electron chi connectivity index (χ3n) is 4.29. The summed E-state index contributed by atoms with van der Waals surface area (Å²) in [4.78, 5) is 2.41. The predicted octanol–water partition coefficient (Wildman–Crippen LogP) is 3.52. The van der Waals surface area contributed by atoms with Crippen LogP contribution in [0.25, 0.3) is 0 Å². The molecule has 2 atom stereocenters. The van der Waals surface area contributed by atoms with Crippen molar-refractivity contribution in [2.24, 2.45) is 0 Å². The molecule has 0 aromatic carbocycles. The van der Waals surface area contributed by atoms with E-state index in [0.717, 1.165) is 43.9 Å². The van der Waals surface area contributed by atoms with E-state index in [2.05, 4.69) is 24.0 Å². The number of rotatable bonds is 6. The summed E-state index contributed by atoms with van der Waals surface area (Å²) in [6, 6.07) is 8.17. The summed E-state index contributed by atoms with van der Waals surface area (Å²) in [5.41, 5.74) is 0. The van der Waals surface area contributed by atoms with Gasteiger partial charge in [0, 0.05) is 12.5 Å². The van der Waals surface area contributed by atoms with Gasteiger partial charge >= 0.3 is 0 Å². The Labute approximate surface area is 125 Å². The quantitative estimate of drug-likeness (QED) is 0.884. The van der Waals surface area contributed by atoms with Gasteiger partial charge in [-0.1, -0.05) is 6.92 Å². The molecule has 2 aromatic heterocycles. The highest BCUT2D eigenvalue weighted by molar-refractivity contribution is 5.08. The van der Waals surface area contributed by atoms with Crippen molar-refractivity contribution in [1.82, 2.24) is 4.90 Å². The highest BCUT2D eigenvalue weighted by Gasteiger charge is 2.28. The molecule has 1 fully saturated rings. The number of aryl methyl sites for hydroxylation is 1. The highest BCUT2D eigenvalue weighted by atomic mass is 16.4. The lowest BCUT2D eigenvalue weighted by Gasteiger charge is -2.25. The largest absolute Gasteiger partial charge is 0.467 e. The topological polar surface area (TPSA) is 49.8 Å². The lowest BCUT2D eigenvalue weighted by Crippen LogP contribution is -2.30. The standard InChI is InChI=1S/C17H23NO3/c1-2-14-7-8-15(21-14)12-18-9-3-5-13(18)11-16(19)17-6-4-10-20-17/h4,6-8,10,13,16,19H,2-3,5,9,11-12H2,1H3. The summed E-state index contributed by atoms with van der Waals surface area (Å²) >= 11 is 0. The lowest BCUT2D eigenvalue weighted by molar-refractivity contribution is 0.0969. The predicted molar refractivity (Wildman–Crippen MR) is 79.8 cm³/mol. The molecule has 1 aliphatic rings. The van der Waals surface area contributed by atoms with Crippen LogP contribution in [0, 0.1) is 0 Å². The molecule has 0 radical (unpaired) electrons. The van der Waals surface area contributed by atoms with Crippen molar-refractivity contribution in [1.29, 1.82) is 0 Å². The van der Waals surface area contributed by atoms with Crippen LogP contribution in [0.4, 0.5) is 0 Å². The van der Waals surface area contributed by atoms with Gasteiger partial charge in [-0.2, -0.15) is 0 Å². The van der Waals surface area contributed by atoms with E-state index in [1.807, 2.05) is 12.1 Å². The fourth-order valence-electron chi connectivity index (χ4n) is 3.12. The molecule has 0 amide bonds. The van der Waals surface area contributed by atoms with E-state index in [1.165, 1.54) is 6.42 Å². The normalized spacial score (nSPS) is 21.0. The Morgan fingerprint density at radius 3 is 2.90 bits per heavy atom. The first-order valence-corrected chi connectivity index (χ1v) is 7.79. The minimum Gasteiger partial charge on any atom is -0.467 e.